The fourth-order valence-corrected chi connectivity index (χ4v) is 5.02. The summed E-state index contributed by atoms with van der Waals surface area (Å²) in [7, 11) is 0. The first kappa shape index (κ1) is 21.0. The van der Waals surface area contributed by atoms with Crippen LogP contribution in [0.5, 0.6) is 0 Å². The predicted molar refractivity (Wildman–Crippen MR) is 130 cm³/mol. The first-order valence-corrected chi connectivity index (χ1v) is 11.2. The molecule has 0 radical (unpaired) electrons. The van der Waals surface area contributed by atoms with Crippen molar-refractivity contribution in [2.75, 3.05) is 9.96 Å². The maximum absolute atomic E-state index is 13.8. The van der Waals surface area contributed by atoms with Gasteiger partial charge in [-0.05, 0) is 40.6 Å². The second-order valence-electron chi connectivity index (χ2n) is 8.51. The topological polar surface area (TPSA) is 93.0 Å². The Balaban J connectivity index is 1.47. The van der Waals surface area contributed by atoms with E-state index in [9.17, 15) is 19.7 Å². The third-order valence-corrected chi connectivity index (χ3v) is 6.59. The first-order chi connectivity index (χ1) is 17.0. The number of para-hydroxylation sites is 1. The number of fused-ring (bicyclic) bond motifs is 2. The Morgan fingerprint density at radius 1 is 0.743 bits per heavy atom. The number of hydrogen-bond acceptors (Lipinski definition) is 6. The van der Waals surface area contributed by atoms with Crippen molar-refractivity contribution >= 4 is 39.6 Å². The lowest BCUT2D eigenvalue weighted by Crippen LogP contribution is -2.37. The Hall–Kier alpha value is -4.56. The molecule has 172 valence electrons. The number of nitro groups is 1. The van der Waals surface area contributed by atoms with Crippen LogP contribution in [0, 0.1) is 16.0 Å². The highest BCUT2D eigenvalue weighted by molar-refractivity contribution is 6.24. The molecule has 3 atom stereocenters. The molecule has 0 saturated carbocycles. The van der Waals surface area contributed by atoms with Crippen LogP contribution < -0.4 is 9.96 Å². The van der Waals surface area contributed by atoms with Gasteiger partial charge in [-0.15, -0.1) is 0 Å². The molecule has 0 aliphatic carbocycles. The summed E-state index contributed by atoms with van der Waals surface area (Å²) in [6, 6.07) is 28.0. The number of nitrogens with zero attached hydrogens (tertiary/aromatic N) is 3. The highest BCUT2D eigenvalue weighted by Crippen LogP contribution is 2.48. The minimum absolute atomic E-state index is 0.117. The predicted octanol–water partition coefficient (Wildman–Crippen LogP) is 4.80. The van der Waals surface area contributed by atoms with Crippen molar-refractivity contribution in [1.29, 1.82) is 0 Å². The number of nitro benzene ring substituents is 1. The third kappa shape index (κ3) is 3.26. The van der Waals surface area contributed by atoms with Crippen LogP contribution in [0.2, 0.25) is 0 Å². The molecule has 6 rings (SSSR count). The maximum atomic E-state index is 13.8. The molecule has 2 aliphatic rings. The molecular weight excluding hydrogens is 446 g/mol. The average Bonchev–Trinajstić information content (AvgIpc) is 3.40. The van der Waals surface area contributed by atoms with Crippen molar-refractivity contribution in [2.24, 2.45) is 5.92 Å². The lowest BCUT2D eigenvalue weighted by Gasteiger charge is -2.29. The molecule has 0 N–H and O–H groups in total. The van der Waals surface area contributed by atoms with Gasteiger partial charge in [0.1, 0.15) is 5.92 Å². The maximum Gasteiger partial charge on any atom is 0.269 e. The number of anilines is 2. The monoisotopic (exact) mass is 465 g/mol. The lowest BCUT2D eigenvalue weighted by molar-refractivity contribution is -0.384. The first-order valence-electron chi connectivity index (χ1n) is 11.2. The summed E-state index contributed by atoms with van der Waals surface area (Å²) in [5, 5.41) is 14.7. The Labute approximate surface area is 200 Å². The summed E-state index contributed by atoms with van der Waals surface area (Å²) in [4.78, 5) is 45.0. The van der Waals surface area contributed by atoms with E-state index in [-0.39, 0.29) is 11.4 Å². The van der Waals surface area contributed by atoms with Crippen molar-refractivity contribution in [3.8, 4) is 0 Å². The second-order valence-corrected chi connectivity index (χ2v) is 8.51. The van der Waals surface area contributed by atoms with E-state index >= 15 is 0 Å². The fraction of sp³-hybridized carbons (Fsp3) is 0.111. The number of carbonyl (C=O) groups excluding carboxylic acids is 2. The van der Waals surface area contributed by atoms with E-state index in [1.807, 2.05) is 72.8 Å². The molecule has 8 nitrogen and oxygen atoms in total. The molecule has 0 unspecified atom stereocenters. The van der Waals surface area contributed by atoms with E-state index in [0.29, 0.717) is 0 Å². The van der Waals surface area contributed by atoms with Gasteiger partial charge in [0.25, 0.3) is 11.6 Å². The van der Waals surface area contributed by atoms with Crippen molar-refractivity contribution in [2.45, 2.75) is 12.1 Å². The van der Waals surface area contributed by atoms with Gasteiger partial charge in [0.15, 0.2) is 6.10 Å². The summed E-state index contributed by atoms with van der Waals surface area (Å²) in [6.07, 6.45) is -1.01. The molecule has 0 spiro atoms. The van der Waals surface area contributed by atoms with Crippen molar-refractivity contribution < 1.29 is 19.3 Å². The van der Waals surface area contributed by atoms with Gasteiger partial charge in [-0.2, -0.15) is 0 Å². The van der Waals surface area contributed by atoms with Gasteiger partial charge in [0.2, 0.25) is 5.91 Å². The van der Waals surface area contributed by atoms with E-state index in [2.05, 4.69) is 0 Å². The number of imide groups is 1. The molecule has 4 aromatic carbocycles. The van der Waals surface area contributed by atoms with Crippen LogP contribution in [0.15, 0.2) is 97.1 Å². The molecular formula is C27H19N3O5. The molecule has 8 heteroatoms. The molecule has 2 saturated heterocycles. The summed E-state index contributed by atoms with van der Waals surface area (Å²) >= 11 is 0. The molecule has 2 heterocycles. The van der Waals surface area contributed by atoms with Gasteiger partial charge in [0, 0.05) is 12.1 Å². The Bertz CT molecular complexity index is 1470. The number of hydrogen-bond donors (Lipinski definition) is 0. The van der Waals surface area contributed by atoms with Crippen LogP contribution in [-0.4, -0.2) is 22.8 Å². The van der Waals surface area contributed by atoms with Crippen molar-refractivity contribution in [1.82, 2.24) is 0 Å². The number of carbonyl (C=O) groups is 2. The Morgan fingerprint density at radius 2 is 1.43 bits per heavy atom. The SMILES string of the molecule is O=C1[C@@H]2[C@@H](c3cccc4ccccc34)N(c3ccccc3)O[C@H]2C(=O)N1c1ccc([N+](=O)[O-])cc1. The average molecular weight is 465 g/mol. The largest absolute Gasteiger partial charge is 0.273 e. The zero-order chi connectivity index (χ0) is 24.1. The van der Waals surface area contributed by atoms with Gasteiger partial charge in [0.05, 0.1) is 22.3 Å². The van der Waals surface area contributed by atoms with Crippen LogP contribution in [0.4, 0.5) is 17.1 Å². The number of hydroxylamine groups is 1. The van der Waals surface area contributed by atoms with Gasteiger partial charge < -0.3 is 0 Å². The normalized spacial score (nSPS) is 21.5. The zero-order valence-corrected chi connectivity index (χ0v) is 18.4. The second kappa shape index (κ2) is 8.03. The zero-order valence-electron chi connectivity index (χ0n) is 18.4. The third-order valence-electron chi connectivity index (χ3n) is 6.59. The van der Waals surface area contributed by atoms with Crippen LogP contribution in [0.1, 0.15) is 11.6 Å². The van der Waals surface area contributed by atoms with E-state index in [1.54, 1.807) is 5.06 Å². The van der Waals surface area contributed by atoms with E-state index in [0.717, 1.165) is 26.9 Å². The van der Waals surface area contributed by atoms with E-state index in [1.165, 1.54) is 24.3 Å². The van der Waals surface area contributed by atoms with Crippen LogP contribution in [0.25, 0.3) is 10.8 Å². The Morgan fingerprint density at radius 3 is 2.17 bits per heavy atom. The number of amides is 2. The lowest BCUT2D eigenvalue weighted by atomic mass is 9.87. The highest BCUT2D eigenvalue weighted by Gasteiger charge is 2.60. The smallest absolute Gasteiger partial charge is 0.269 e. The number of rotatable bonds is 4. The molecule has 4 aromatic rings. The van der Waals surface area contributed by atoms with Crippen molar-refractivity contribution in [3.05, 3.63) is 113 Å². The highest BCUT2D eigenvalue weighted by atomic mass is 16.7. The van der Waals surface area contributed by atoms with Gasteiger partial charge in [-0.25, -0.2) is 9.96 Å². The standard InChI is InChI=1S/C27H19N3O5/c31-26-23-24(22-12-6-8-17-7-4-5-11-21(17)22)29(19-9-2-1-3-10-19)35-25(23)27(32)28(26)18-13-15-20(16-14-18)30(33)34/h1-16,23-25H/t23-,24-,25-/m1/s1. The summed E-state index contributed by atoms with van der Waals surface area (Å²) < 4.78 is 0. The van der Waals surface area contributed by atoms with E-state index in [4.69, 9.17) is 4.84 Å². The quantitative estimate of drug-likeness (QED) is 0.244. The van der Waals surface area contributed by atoms with Crippen LogP contribution in [-0.2, 0) is 14.4 Å². The molecule has 35 heavy (non-hydrogen) atoms. The molecule has 2 fully saturated rings. The van der Waals surface area contributed by atoms with Gasteiger partial charge >= 0.3 is 0 Å². The molecule has 2 aliphatic heterocycles. The Kier molecular flexibility index (Phi) is 4.82. The van der Waals surface area contributed by atoms with Gasteiger partial charge in [-0.3, -0.25) is 24.5 Å². The van der Waals surface area contributed by atoms with Gasteiger partial charge in [-0.1, -0.05) is 60.7 Å². The fourth-order valence-electron chi connectivity index (χ4n) is 5.02. The minimum atomic E-state index is -1.01. The summed E-state index contributed by atoms with van der Waals surface area (Å²) in [5.74, 6) is -1.67. The molecule has 0 bridgehead atoms. The minimum Gasteiger partial charge on any atom is -0.273 e. The van der Waals surface area contributed by atoms with Crippen molar-refractivity contribution in [3.63, 3.8) is 0 Å². The van der Waals surface area contributed by atoms with E-state index < -0.39 is 34.8 Å². The van der Waals surface area contributed by atoms with Crippen LogP contribution in [0.3, 0.4) is 0 Å². The summed E-state index contributed by atoms with van der Waals surface area (Å²) in [5.41, 5.74) is 1.79. The summed E-state index contributed by atoms with van der Waals surface area (Å²) in [6.45, 7) is 0. The number of benzene rings is 4. The molecule has 2 amide bonds. The van der Waals surface area contributed by atoms with Crippen LogP contribution >= 0.6 is 0 Å². The number of non-ortho nitro benzene ring substituents is 1. The molecule has 0 aromatic heterocycles.